The average molecular weight is 437 g/mol. The van der Waals surface area contributed by atoms with Crippen LogP contribution in [0.3, 0.4) is 0 Å². The number of fused-ring (bicyclic) bond motifs is 1. The molecular formula is C16H10Cl2N6O3S. The van der Waals surface area contributed by atoms with Crippen molar-refractivity contribution >= 4 is 40.6 Å². The van der Waals surface area contributed by atoms with Gasteiger partial charge in [-0.25, -0.2) is 14.6 Å². The third-order valence-corrected chi connectivity index (χ3v) is 5.37. The molecule has 0 fully saturated rings. The highest BCUT2D eigenvalue weighted by atomic mass is 35.5. The fraction of sp³-hybridized carbons (Fsp3) is 0.0625. The van der Waals surface area contributed by atoms with E-state index in [4.69, 9.17) is 23.2 Å². The first-order valence-corrected chi connectivity index (χ1v) is 9.54. The molecule has 0 amide bonds. The van der Waals surface area contributed by atoms with Crippen LogP contribution in [0.4, 0.5) is 0 Å². The minimum absolute atomic E-state index is 0.123. The number of nitrogens with zero attached hydrogens (tertiary/aromatic N) is 3. The second-order valence-electron chi connectivity index (χ2n) is 5.64. The second kappa shape index (κ2) is 7.30. The van der Waals surface area contributed by atoms with Crippen LogP contribution in [-0.4, -0.2) is 29.5 Å². The minimum atomic E-state index is -0.682. The van der Waals surface area contributed by atoms with E-state index in [1.165, 1.54) is 0 Å². The van der Waals surface area contributed by atoms with Crippen molar-refractivity contribution in [3.05, 3.63) is 77.5 Å². The number of halogens is 2. The summed E-state index contributed by atoms with van der Waals surface area (Å²) < 4.78 is 1.15. The fourth-order valence-electron chi connectivity index (χ4n) is 2.53. The van der Waals surface area contributed by atoms with E-state index in [9.17, 15) is 14.4 Å². The molecule has 0 aliphatic carbocycles. The average Bonchev–Trinajstić information content (AvgIpc) is 3.08. The van der Waals surface area contributed by atoms with Crippen molar-refractivity contribution in [3.8, 4) is 11.1 Å². The van der Waals surface area contributed by atoms with Crippen molar-refractivity contribution < 1.29 is 0 Å². The highest BCUT2D eigenvalue weighted by Gasteiger charge is 2.14. The summed E-state index contributed by atoms with van der Waals surface area (Å²) in [5.74, 6) is 0.127. The number of rotatable bonds is 4. The van der Waals surface area contributed by atoms with Crippen LogP contribution in [-0.2, 0) is 5.75 Å². The van der Waals surface area contributed by atoms with Gasteiger partial charge in [-0.3, -0.25) is 14.8 Å². The maximum Gasteiger partial charge on any atom is 0.350 e. The van der Waals surface area contributed by atoms with E-state index in [1.807, 2.05) is 4.98 Å². The Morgan fingerprint density at radius 1 is 1.04 bits per heavy atom. The molecule has 28 heavy (non-hydrogen) atoms. The molecular weight excluding hydrogens is 427 g/mol. The van der Waals surface area contributed by atoms with Crippen LogP contribution in [0.1, 0.15) is 5.69 Å². The van der Waals surface area contributed by atoms with Crippen molar-refractivity contribution in [2.75, 3.05) is 0 Å². The third kappa shape index (κ3) is 3.49. The topological polar surface area (TPSA) is 129 Å². The lowest BCUT2D eigenvalue weighted by Crippen LogP contribution is -2.24. The predicted octanol–water partition coefficient (Wildman–Crippen LogP) is 2.06. The van der Waals surface area contributed by atoms with Gasteiger partial charge in [0.1, 0.15) is 5.02 Å². The summed E-state index contributed by atoms with van der Waals surface area (Å²) in [5.41, 5.74) is 0.232. The summed E-state index contributed by atoms with van der Waals surface area (Å²) in [5, 5.41) is 4.82. The lowest BCUT2D eigenvalue weighted by atomic mass is 10.1. The summed E-state index contributed by atoms with van der Waals surface area (Å²) in [7, 11) is 0. The van der Waals surface area contributed by atoms with Gasteiger partial charge in [-0.1, -0.05) is 47.1 Å². The van der Waals surface area contributed by atoms with E-state index < -0.39 is 16.9 Å². The molecule has 3 heterocycles. The van der Waals surface area contributed by atoms with Gasteiger partial charge in [-0.2, -0.15) is 9.61 Å². The van der Waals surface area contributed by atoms with Crippen LogP contribution in [0, 0.1) is 0 Å². The van der Waals surface area contributed by atoms with Gasteiger partial charge >= 0.3 is 11.4 Å². The Balaban J connectivity index is 1.72. The number of nitrogens with one attached hydrogen (secondary N) is 3. The number of H-pyrrole nitrogens is 3. The first kappa shape index (κ1) is 18.5. The van der Waals surface area contributed by atoms with Crippen LogP contribution in [0.15, 0.2) is 50.0 Å². The van der Waals surface area contributed by atoms with Gasteiger partial charge in [0.2, 0.25) is 0 Å². The Morgan fingerprint density at radius 3 is 2.54 bits per heavy atom. The lowest BCUT2D eigenvalue weighted by molar-refractivity contribution is 0.786. The van der Waals surface area contributed by atoms with Gasteiger partial charge in [0.25, 0.3) is 5.56 Å². The number of thioether (sulfide) groups is 1. The van der Waals surface area contributed by atoms with Gasteiger partial charge < -0.3 is 4.98 Å². The van der Waals surface area contributed by atoms with Crippen molar-refractivity contribution in [1.29, 1.82) is 0 Å². The summed E-state index contributed by atoms with van der Waals surface area (Å²) in [6, 6.07) is 7.06. The first-order chi connectivity index (χ1) is 13.4. The maximum atomic E-state index is 12.3. The molecule has 4 rings (SSSR count). The molecule has 0 aliphatic rings. The minimum Gasteiger partial charge on any atom is -0.309 e. The molecule has 9 nitrogen and oxygen atoms in total. The zero-order chi connectivity index (χ0) is 19.8. The molecule has 0 atom stereocenters. The second-order valence-corrected chi connectivity index (χ2v) is 7.42. The summed E-state index contributed by atoms with van der Waals surface area (Å²) in [6.45, 7) is 0. The SMILES string of the molecule is O=c1[nH]c(CSc2nc3c(-c4ccc(Cl)cc4)cnn3c(=O)[nH]2)c(Cl)c(=O)[nH]1. The van der Waals surface area contributed by atoms with E-state index in [1.54, 1.807) is 30.5 Å². The zero-order valence-electron chi connectivity index (χ0n) is 13.8. The van der Waals surface area contributed by atoms with Crippen molar-refractivity contribution in [1.82, 2.24) is 29.5 Å². The molecule has 3 aromatic heterocycles. The molecule has 0 radical (unpaired) electrons. The Bertz CT molecular complexity index is 1360. The highest BCUT2D eigenvalue weighted by Crippen LogP contribution is 2.26. The van der Waals surface area contributed by atoms with Gasteiger partial charge in [0.05, 0.1) is 11.9 Å². The van der Waals surface area contributed by atoms with Crippen molar-refractivity contribution in [2.45, 2.75) is 10.9 Å². The normalized spacial score (nSPS) is 11.2. The summed E-state index contributed by atoms with van der Waals surface area (Å²) in [4.78, 5) is 46.9. The zero-order valence-corrected chi connectivity index (χ0v) is 16.2. The lowest BCUT2D eigenvalue weighted by Gasteiger charge is -2.04. The molecule has 142 valence electrons. The number of hydrogen-bond acceptors (Lipinski definition) is 6. The monoisotopic (exact) mass is 436 g/mol. The smallest absolute Gasteiger partial charge is 0.309 e. The molecule has 0 bridgehead atoms. The number of aromatic amines is 3. The van der Waals surface area contributed by atoms with Gasteiger partial charge in [0, 0.05) is 16.3 Å². The maximum absolute atomic E-state index is 12.3. The molecule has 0 spiro atoms. The Labute approximate surface area is 169 Å². The van der Waals surface area contributed by atoms with Crippen LogP contribution in [0.2, 0.25) is 10.0 Å². The molecule has 0 unspecified atom stereocenters. The van der Waals surface area contributed by atoms with Gasteiger partial charge in [-0.05, 0) is 17.7 Å². The van der Waals surface area contributed by atoms with Crippen LogP contribution >= 0.6 is 35.0 Å². The third-order valence-electron chi connectivity index (χ3n) is 3.82. The molecule has 0 saturated heterocycles. The standard InChI is InChI=1S/C16H10Cl2N6O3S/c17-8-3-1-7(2-4-8)9-5-19-24-12(9)21-15(23-16(24)27)28-6-10-11(18)13(25)22-14(26)20-10/h1-5H,6H2,(H,21,23,27)(H2,20,22,25,26). The fourth-order valence-corrected chi connectivity index (χ4v) is 3.70. The van der Waals surface area contributed by atoms with E-state index in [0.717, 1.165) is 21.8 Å². The van der Waals surface area contributed by atoms with Crippen LogP contribution in [0.25, 0.3) is 16.8 Å². The van der Waals surface area contributed by atoms with Crippen molar-refractivity contribution in [2.24, 2.45) is 0 Å². The Hall–Kier alpha value is -2.82. The van der Waals surface area contributed by atoms with E-state index in [2.05, 4.69) is 20.1 Å². The Morgan fingerprint density at radius 2 is 1.79 bits per heavy atom. The van der Waals surface area contributed by atoms with Gasteiger partial charge in [0.15, 0.2) is 10.8 Å². The van der Waals surface area contributed by atoms with E-state index in [0.29, 0.717) is 16.2 Å². The molecule has 4 aromatic rings. The predicted molar refractivity (Wildman–Crippen MR) is 106 cm³/mol. The highest BCUT2D eigenvalue weighted by molar-refractivity contribution is 7.98. The number of hydrogen-bond donors (Lipinski definition) is 3. The number of aromatic nitrogens is 6. The summed E-state index contributed by atoms with van der Waals surface area (Å²) in [6.07, 6.45) is 1.54. The van der Waals surface area contributed by atoms with Crippen LogP contribution < -0.4 is 16.9 Å². The van der Waals surface area contributed by atoms with E-state index >= 15 is 0 Å². The summed E-state index contributed by atoms with van der Waals surface area (Å²) >= 11 is 12.9. The Kier molecular flexibility index (Phi) is 4.84. The quantitative estimate of drug-likeness (QED) is 0.420. The van der Waals surface area contributed by atoms with Gasteiger partial charge in [-0.15, -0.1) is 0 Å². The molecule has 0 aliphatic heterocycles. The molecule has 3 N–H and O–H groups in total. The molecule has 12 heteroatoms. The molecule has 1 aromatic carbocycles. The van der Waals surface area contributed by atoms with Crippen LogP contribution in [0.5, 0.6) is 0 Å². The van der Waals surface area contributed by atoms with Crippen molar-refractivity contribution in [3.63, 3.8) is 0 Å². The van der Waals surface area contributed by atoms with E-state index in [-0.39, 0.29) is 21.6 Å². The molecule has 0 saturated carbocycles. The largest absolute Gasteiger partial charge is 0.350 e. The first-order valence-electron chi connectivity index (χ1n) is 7.80. The number of benzene rings is 1.